The van der Waals surface area contributed by atoms with Gasteiger partial charge in [0.25, 0.3) is 0 Å². The molecule has 1 N–H and O–H groups in total. The monoisotopic (exact) mass is 253 g/mol. The summed E-state index contributed by atoms with van der Waals surface area (Å²) in [7, 11) is 1.81. The molecule has 1 aromatic heterocycles. The van der Waals surface area contributed by atoms with E-state index in [4.69, 9.17) is 5.11 Å². The molecule has 2 aromatic rings. The predicted octanol–water partition coefficient (Wildman–Crippen LogP) is 1.95. The zero-order valence-electron chi connectivity index (χ0n) is 7.48. The quantitative estimate of drug-likeness (QED) is 0.846. The van der Waals surface area contributed by atoms with Gasteiger partial charge in [0.15, 0.2) is 10.6 Å². The zero-order valence-corrected chi connectivity index (χ0v) is 9.06. The second-order valence-corrected chi connectivity index (χ2v) is 3.58. The van der Waals surface area contributed by atoms with E-state index >= 15 is 0 Å². The van der Waals surface area contributed by atoms with Gasteiger partial charge < -0.3 is 5.11 Å². The molecular weight excluding hydrogens is 246 g/mol. The molecule has 0 spiro atoms. The summed E-state index contributed by atoms with van der Waals surface area (Å²) in [6, 6.07) is 6.77. The van der Waals surface area contributed by atoms with Crippen molar-refractivity contribution in [3.8, 4) is 17.1 Å². The first kappa shape index (κ1) is 9.21. The van der Waals surface area contributed by atoms with Crippen molar-refractivity contribution in [3.63, 3.8) is 0 Å². The van der Waals surface area contributed by atoms with Crippen molar-refractivity contribution >= 4 is 15.9 Å². The van der Waals surface area contributed by atoms with Crippen LogP contribution >= 0.6 is 15.9 Å². The lowest BCUT2D eigenvalue weighted by molar-refractivity contribution is 0.475. The minimum absolute atomic E-state index is 0.240. The Morgan fingerprint density at radius 3 is 2.43 bits per heavy atom. The SMILES string of the molecule is Cn1nc(-c2ccc(O)cc2)nc1Br. The molecule has 0 atom stereocenters. The van der Waals surface area contributed by atoms with Gasteiger partial charge in [0, 0.05) is 12.6 Å². The zero-order chi connectivity index (χ0) is 10.1. The molecule has 4 nitrogen and oxygen atoms in total. The molecule has 2 rings (SSSR count). The van der Waals surface area contributed by atoms with E-state index in [2.05, 4.69) is 26.0 Å². The number of rotatable bonds is 1. The highest BCUT2D eigenvalue weighted by atomic mass is 79.9. The Balaban J connectivity index is 2.44. The van der Waals surface area contributed by atoms with Crippen LogP contribution in [-0.4, -0.2) is 19.9 Å². The lowest BCUT2D eigenvalue weighted by Gasteiger charge is -1.94. The maximum Gasteiger partial charge on any atom is 0.195 e. The second-order valence-electron chi connectivity index (χ2n) is 2.87. The molecule has 0 saturated carbocycles. The molecule has 0 unspecified atom stereocenters. The Bertz CT molecular complexity index is 430. The van der Waals surface area contributed by atoms with Crippen molar-refractivity contribution in [2.24, 2.45) is 7.05 Å². The minimum atomic E-state index is 0.240. The normalized spacial score (nSPS) is 10.4. The van der Waals surface area contributed by atoms with E-state index in [1.807, 2.05) is 0 Å². The number of aryl methyl sites for hydroxylation is 1. The van der Waals surface area contributed by atoms with Crippen LogP contribution in [0.3, 0.4) is 0 Å². The Morgan fingerprint density at radius 2 is 1.93 bits per heavy atom. The summed E-state index contributed by atoms with van der Waals surface area (Å²) in [6.45, 7) is 0. The van der Waals surface area contributed by atoms with Crippen LogP contribution in [0.2, 0.25) is 0 Å². The number of hydrogen-bond donors (Lipinski definition) is 1. The average Bonchev–Trinajstić information content (AvgIpc) is 2.48. The van der Waals surface area contributed by atoms with Crippen molar-refractivity contribution in [3.05, 3.63) is 29.0 Å². The van der Waals surface area contributed by atoms with Crippen LogP contribution in [0.4, 0.5) is 0 Å². The lowest BCUT2D eigenvalue weighted by Crippen LogP contribution is -1.89. The molecule has 0 radical (unpaired) electrons. The minimum Gasteiger partial charge on any atom is -0.508 e. The van der Waals surface area contributed by atoms with E-state index < -0.39 is 0 Å². The Labute approximate surface area is 89.3 Å². The van der Waals surface area contributed by atoms with Crippen LogP contribution < -0.4 is 0 Å². The highest BCUT2D eigenvalue weighted by Crippen LogP contribution is 2.19. The number of halogens is 1. The molecule has 0 bridgehead atoms. The van der Waals surface area contributed by atoms with Gasteiger partial charge in [-0.1, -0.05) is 0 Å². The first-order valence-electron chi connectivity index (χ1n) is 4.03. The fraction of sp³-hybridized carbons (Fsp3) is 0.111. The van der Waals surface area contributed by atoms with E-state index in [0.29, 0.717) is 10.6 Å². The topological polar surface area (TPSA) is 50.9 Å². The van der Waals surface area contributed by atoms with Gasteiger partial charge in [0.1, 0.15) is 5.75 Å². The molecule has 0 aliphatic heterocycles. The van der Waals surface area contributed by atoms with E-state index in [9.17, 15) is 0 Å². The summed E-state index contributed by atoms with van der Waals surface area (Å²) in [5.41, 5.74) is 0.879. The van der Waals surface area contributed by atoms with Gasteiger partial charge in [-0.15, -0.1) is 0 Å². The Kier molecular flexibility index (Phi) is 2.25. The predicted molar refractivity (Wildman–Crippen MR) is 55.8 cm³/mol. The molecular formula is C9H8BrN3O. The van der Waals surface area contributed by atoms with Crippen molar-refractivity contribution in [2.75, 3.05) is 0 Å². The second kappa shape index (κ2) is 3.42. The maximum absolute atomic E-state index is 9.11. The third-order valence-electron chi connectivity index (χ3n) is 1.84. The van der Waals surface area contributed by atoms with Gasteiger partial charge in [-0.25, -0.2) is 9.67 Å². The highest BCUT2D eigenvalue weighted by molar-refractivity contribution is 9.10. The van der Waals surface area contributed by atoms with Crippen LogP contribution in [0.25, 0.3) is 11.4 Å². The largest absolute Gasteiger partial charge is 0.508 e. The van der Waals surface area contributed by atoms with Gasteiger partial charge in [-0.05, 0) is 40.2 Å². The van der Waals surface area contributed by atoms with E-state index in [-0.39, 0.29) is 5.75 Å². The summed E-state index contributed by atoms with van der Waals surface area (Å²) < 4.78 is 2.32. The van der Waals surface area contributed by atoms with Gasteiger partial charge in [0.2, 0.25) is 0 Å². The van der Waals surface area contributed by atoms with Crippen LogP contribution in [0.15, 0.2) is 29.0 Å². The molecule has 0 amide bonds. The average molecular weight is 254 g/mol. The molecule has 0 saturated heterocycles. The maximum atomic E-state index is 9.11. The first-order chi connectivity index (χ1) is 6.66. The molecule has 5 heteroatoms. The standard InChI is InChI=1S/C9H8BrN3O/c1-13-9(10)11-8(12-13)6-2-4-7(14)5-3-6/h2-5,14H,1H3. The lowest BCUT2D eigenvalue weighted by atomic mass is 10.2. The van der Waals surface area contributed by atoms with Crippen molar-refractivity contribution < 1.29 is 5.11 Å². The number of aromatic hydroxyl groups is 1. The Morgan fingerprint density at radius 1 is 1.29 bits per heavy atom. The number of hydrogen-bond acceptors (Lipinski definition) is 3. The summed E-state index contributed by atoms with van der Waals surface area (Å²) in [4.78, 5) is 4.20. The van der Waals surface area contributed by atoms with E-state index in [0.717, 1.165) is 5.56 Å². The van der Waals surface area contributed by atoms with Crippen LogP contribution in [0.1, 0.15) is 0 Å². The van der Waals surface area contributed by atoms with Crippen molar-refractivity contribution in [1.82, 2.24) is 14.8 Å². The molecule has 0 fully saturated rings. The van der Waals surface area contributed by atoms with Gasteiger partial charge in [0.05, 0.1) is 0 Å². The van der Waals surface area contributed by atoms with Crippen molar-refractivity contribution in [1.29, 1.82) is 0 Å². The highest BCUT2D eigenvalue weighted by Gasteiger charge is 2.06. The van der Waals surface area contributed by atoms with E-state index in [1.165, 1.54) is 0 Å². The third kappa shape index (κ3) is 1.63. The number of nitrogens with zero attached hydrogens (tertiary/aromatic N) is 3. The van der Waals surface area contributed by atoms with E-state index in [1.54, 1.807) is 36.0 Å². The fourth-order valence-corrected chi connectivity index (χ4v) is 1.35. The Hall–Kier alpha value is -1.36. The number of benzene rings is 1. The smallest absolute Gasteiger partial charge is 0.195 e. The molecule has 0 aliphatic carbocycles. The number of phenolic OH excluding ortho intramolecular Hbond substituents is 1. The molecule has 72 valence electrons. The number of phenols is 1. The molecule has 0 aliphatic rings. The molecule has 14 heavy (non-hydrogen) atoms. The summed E-state index contributed by atoms with van der Waals surface area (Å²) >= 11 is 3.27. The number of aromatic nitrogens is 3. The van der Waals surface area contributed by atoms with Gasteiger partial charge in [-0.3, -0.25) is 0 Å². The fourth-order valence-electron chi connectivity index (χ4n) is 1.10. The summed E-state index contributed by atoms with van der Waals surface area (Å²) in [5, 5.41) is 13.3. The molecule has 1 heterocycles. The van der Waals surface area contributed by atoms with Crippen LogP contribution in [0, 0.1) is 0 Å². The molecule has 1 aromatic carbocycles. The van der Waals surface area contributed by atoms with Crippen LogP contribution in [-0.2, 0) is 7.05 Å². The van der Waals surface area contributed by atoms with Crippen LogP contribution in [0.5, 0.6) is 5.75 Å². The summed E-state index contributed by atoms with van der Waals surface area (Å²) in [6.07, 6.45) is 0. The first-order valence-corrected chi connectivity index (χ1v) is 4.82. The summed E-state index contributed by atoms with van der Waals surface area (Å²) in [5.74, 6) is 0.878. The van der Waals surface area contributed by atoms with Gasteiger partial charge >= 0.3 is 0 Å². The van der Waals surface area contributed by atoms with Crippen molar-refractivity contribution in [2.45, 2.75) is 0 Å². The van der Waals surface area contributed by atoms with Gasteiger partial charge in [-0.2, -0.15) is 5.10 Å². The third-order valence-corrected chi connectivity index (χ3v) is 2.53.